The van der Waals surface area contributed by atoms with Crippen molar-refractivity contribution in [1.82, 2.24) is 4.98 Å². The van der Waals surface area contributed by atoms with Gasteiger partial charge in [0, 0.05) is 5.56 Å². The summed E-state index contributed by atoms with van der Waals surface area (Å²) >= 11 is 1.42. The zero-order valence-electron chi connectivity index (χ0n) is 16.6. The van der Waals surface area contributed by atoms with Crippen molar-refractivity contribution in [2.75, 3.05) is 11.5 Å². The predicted molar refractivity (Wildman–Crippen MR) is 120 cm³/mol. The maximum absolute atomic E-state index is 13.6. The van der Waals surface area contributed by atoms with Crippen molar-refractivity contribution >= 4 is 44.1 Å². The maximum atomic E-state index is 13.6. The van der Waals surface area contributed by atoms with Gasteiger partial charge in [0.25, 0.3) is 5.91 Å². The summed E-state index contributed by atoms with van der Waals surface area (Å²) in [5, 5.41) is 0.532. The number of thiazole rings is 1. The highest BCUT2D eigenvalue weighted by molar-refractivity contribution is 7.22. The summed E-state index contributed by atoms with van der Waals surface area (Å²) in [6.07, 6.45) is -0.825. The highest BCUT2D eigenvalue weighted by Gasteiger charge is 2.34. The fourth-order valence-corrected chi connectivity index (χ4v) is 4.41. The van der Waals surface area contributed by atoms with Gasteiger partial charge in [0.05, 0.1) is 15.9 Å². The van der Waals surface area contributed by atoms with Crippen LogP contribution >= 0.6 is 11.3 Å². The number of Topliss-reactive ketones (excluding diaryl/α,β-unsaturated/α-hetero) is 1. The molecular formula is C24H18N2O4S. The largest absolute Gasteiger partial charge is 0.485 e. The standard InChI is InChI=1S/C24H18N2O4S/c1-15(27)16-10-12-17(13-11-16)26(24-25-18-6-2-5-9-22(18)31-24)23(28)21-14-29-19-7-3-4-8-20(19)30-21/h2-13,21H,14H2,1H3. The van der Waals surface area contributed by atoms with Gasteiger partial charge in [-0.15, -0.1) is 0 Å². The number of rotatable bonds is 4. The van der Waals surface area contributed by atoms with E-state index in [0.29, 0.717) is 27.9 Å². The Morgan fingerprint density at radius 3 is 2.42 bits per heavy atom. The van der Waals surface area contributed by atoms with Crippen LogP contribution in [0.3, 0.4) is 0 Å². The number of carbonyl (C=O) groups is 2. The van der Waals surface area contributed by atoms with Gasteiger partial charge in [0.15, 0.2) is 22.4 Å². The summed E-state index contributed by atoms with van der Waals surface area (Å²) in [6.45, 7) is 1.61. The molecule has 0 bridgehead atoms. The third-order valence-corrected chi connectivity index (χ3v) is 6.03. The van der Waals surface area contributed by atoms with E-state index in [2.05, 4.69) is 4.98 Å². The Labute approximate surface area is 182 Å². The molecule has 1 aromatic heterocycles. The quantitative estimate of drug-likeness (QED) is 0.426. The molecule has 0 fully saturated rings. The molecule has 0 saturated heterocycles. The van der Waals surface area contributed by atoms with Crippen LogP contribution in [0.2, 0.25) is 0 Å². The molecule has 0 spiro atoms. The SMILES string of the molecule is CC(=O)c1ccc(N(C(=O)C2COc3ccccc3O2)c2nc3ccccc3s2)cc1. The van der Waals surface area contributed by atoms with Gasteiger partial charge < -0.3 is 9.47 Å². The molecule has 0 N–H and O–H groups in total. The van der Waals surface area contributed by atoms with E-state index in [4.69, 9.17) is 9.47 Å². The number of hydrogen-bond donors (Lipinski definition) is 0. The fraction of sp³-hybridized carbons (Fsp3) is 0.125. The first-order valence-corrected chi connectivity index (χ1v) is 10.6. The topological polar surface area (TPSA) is 68.7 Å². The molecule has 0 aliphatic carbocycles. The summed E-state index contributed by atoms with van der Waals surface area (Å²) in [7, 11) is 0. The number of para-hydroxylation sites is 3. The van der Waals surface area contributed by atoms with Crippen molar-refractivity contribution in [3.63, 3.8) is 0 Å². The van der Waals surface area contributed by atoms with E-state index >= 15 is 0 Å². The molecule has 1 aliphatic rings. The van der Waals surface area contributed by atoms with Crippen LogP contribution < -0.4 is 14.4 Å². The van der Waals surface area contributed by atoms with Gasteiger partial charge in [-0.05, 0) is 55.5 Å². The number of carbonyl (C=O) groups excluding carboxylic acids is 2. The van der Waals surface area contributed by atoms with Crippen LogP contribution in [0.5, 0.6) is 11.5 Å². The summed E-state index contributed by atoms with van der Waals surface area (Å²) in [5.41, 5.74) is 2.00. The van der Waals surface area contributed by atoms with Gasteiger partial charge >= 0.3 is 0 Å². The lowest BCUT2D eigenvalue weighted by Gasteiger charge is -2.29. The number of hydrogen-bond acceptors (Lipinski definition) is 6. The molecule has 0 radical (unpaired) electrons. The van der Waals surface area contributed by atoms with Crippen LogP contribution in [-0.4, -0.2) is 29.4 Å². The monoisotopic (exact) mass is 430 g/mol. The number of nitrogens with zero attached hydrogens (tertiary/aromatic N) is 2. The zero-order chi connectivity index (χ0) is 21.4. The van der Waals surface area contributed by atoms with Crippen molar-refractivity contribution < 1.29 is 19.1 Å². The predicted octanol–water partition coefficient (Wildman–Crippen LogP) is 5.00. The first-order valence-electron chi connectivity index (χ1n) is 9.79. The second-order valence-electron chi connectivity index (χ2n) is 7.11. The van der Waals surface area contributed by atoms with Crippen molar-refractivity contribution in [2.45, 2.75) is 13.0 Å². The van der Waals surface area contributed by atoms with Crippen LogP contribution in [0, 0.1) is 0 Å². The maximum Gasteiger partial charge on any atom is 0.278 e. The summed E-state index contributed by atoms with van der Waals surface area (Å²) in [5.74, 6) is 0.821. The Balaban J connectivity index is 1.55. The lowest BCUT2D eigenvalue weighted by atomic mass is 10.1. The third kappa shape index (κ3) is 3.64. The second kappa shape index (κ2) is 7.85. The third-order valence-electron chi connectivity index (χ3n) is 5.01. The highest BCUT2D eigenvalue weighted by atomic mass is 32.1. The van der Waals surface area contributed by atoms with Crippen LogP contribution in [0.25, 0.3) is 10.2 Å². The fourth-order valence-electron chi connectivity index (χ4n) is 3.42. The minimum absolute atomic E-state index is 0.0370. The summed E-state index contributed by atoms with van der Waals surface area (Å²) in [6, 6.07) is 21.9. The molecule has 5 rings (SSSR count). The van der Waals surface area contributed by atoms with E-state index in [1.807, 2.05) is 42.5 Å². The summed E-state index contributed by atoms with van der Waals surface area (Å²) in [4.78, 5) is 31.5. The van der Waals surface area contributed by atoms with E-state index in [1.165, 1.54) is 23.2 Å². The molecule has 1 amide bonds. The van der Waals surface area contributed by atoms with Crippen LogP contribution in [0.4, 0.5) is 10.8 Å². The Morgan fingerprint density at radius 2 is 1.68 bits per heavy atom. The number of benzene rings is 3. The van der Waals surface area contributed by atoms with Crippen LogP contribution in [0.15, 0.2) is 72.8 Å². The van der Waals surface area contributed by atoms with Crippen molar-refractivity contribution in [3.8, 4) is 11.5 Å². The molecule has 1 atom stereocenters. The first-order chi connectivity index (χ1) is 15.1. The first kappa shape index (κ1) is 19.3. The lowest BCUT2D eigenvalue weighted by Crippen LogP contribution is -2.44. The molecule has 0 saturated carbocycles. The Hall–Kier alpha value is -3.71. The van der Waals surface area contributed by atoms with Crippen LogP contribution in [0.1, 0.15) is 17.3 Å². The Morgan fingerprint density at radius 1 is 0.968 bits per heavy atom. The minimum atomic E-state index is -0.825. The van der Waals surface area contributed by atoms with E-state index in [-0.39, 0.29) is 18.3 Å². The zero-order valence-corrected chi connectivity index (χ0v) is 17.5. The van der Waals surface area contributed by atoms with Gasteiger partial charge in [-0.25, -0.2) is 4.98 Å². The molecule has 154 valence electrons. The second-order valence-corrected chi connectivity index (χ2v) is 8.11. The van der Waals surface area contributed by atoms with Crippen LogP contribution in [-0.2, 0) is 4.79 Å². The highest BCUT2D eigenvalue weighted by Crippen LogP contribution is 2.36. The van der Waals surface area contributed by atoms with Gasteiger partial charge in [0.2, 0.25) is 6.10 Å². The number of amides is 1. The minimum Gasteiger partial charge on any atom is -0.485 e. The normalized spacial score (nSPS) is 14.9. The van der Waals surface area contributed by atoms with Gasteiger partial charge in [-0.2, -0.15) is 0 Å². The molecule has 1 unspecified atom stereocenters. The smallest absolute Gasteiger partial charge is 0.278 e. The summed E-state index contributed by atoms with van der Waals surface area (Å²) < 4.78 is 12.7. The average Bonchev–Trinajstić information content (AvgIpc) is 3.22. The molecular weight excluding hydrogens is 412 g/mol. The Bertz CT molecular complexity index is 1250. The Kier molecular flexibility index (Phi) is 4.88. The van der Waals surface area contributed by atoms with Crippen molar-refractivity contribution in [2.24, 2.45) is 0 Å². The lowest BCUT2D eigenvalue weighted by molar-refractivity contribution is -0.126. The van der Waals surface area contributed by atoms with E-state index in [0.717, 1.165) is 10.2 Å². The molecule has 2 heterocycles. The number of anilines is 2. The van der Waals surface area contributed by atoms with E-state index in [9.17, 15) is 9.59 Å². The van der Waals surface area contributed by atoms with Gasteiger partial charge in [-0.1, -0.05) is 35.6 Å². The van der Waals surface area contributed by atoms with Gasteiger partial charge in [0.1, 0.15) is 6.61 Å². The number of fused-ring (bicyclic) bond motifs is 2. The number of ether oxygens (including phenoxy) is 2. The van der Waals surface area contributed by atoms with Crippen molar-refractivity contribution in [1.29, 1.82) is 0 Å². The number of ketones is 1. The van der Waals surface area contributed by atoms with E-state index in [1.54, 1.807) is 30.3 Å². The van der Waals surface area contributed by atoms with E-state index < -0.39 is 6.10 Å². The van der Waals surface area contributed by atoms with Crippen molar-refractivity contribution in [3.05, 3.63) is 78.4 Å². The molecule has 4 aromatic rings. The van der Waals surface area contributed by atoms with Gasteiger partial charge in [-0.3, -0.25) is 14.5 Å². The molecule has 31 heavy (non-hydrogen) atoms. The molecule has 1 aliphatic heterocycles. The number of aromatic nitrogens is 1. The average molecular weight is 430 g/mol. The molecule has 3 aromatic carbocycles. The molecule has 6 nitrogen and oxygen atoms in total. The molecule has 7 heteroatoms.